The summed E-state index contributed by atoms with van der Waals surface area (Å²) in [4.78, 5) is 0. The van der Waals surface area contributed by atoms with E-state index in [0.717, 1.165) is 0 Å². The molecule has 0 saturated heterocycles. The fraction of sp³-hybridized carbons (Fsp3) is 0.538. The molecule has 0 fully saturated rings. The lowest BCUT2D eigenvalue weighted by Crippen LogP contribution is -2.23. The largest absolute Gasteiger partial charge is 0.396 e. The second-order valence-corrected chi connectivity index (χ2v) is 4.97. The number of benzene rings is 1. The molecule has 0 saturated carbocycles. The summed E-state index contributed by atoms with van der Waals surface area (Å²) in [6.07, 6.45) is -0.528. The molecule has 0 aliphatic rings. The first-order valence-corrected chi connectivity index (χ1v) is 5.38. The van der Waals surface area contributed by atoms with Gasteiger partial charge >= 0.3 is 0 Å². The van der Waals surface area contributed by atoms with Crippen LogP contribution in [-0.2, 0) is 11.3 Å². The average Bonchev–Trinajstić information content (AvgIpc) is 2.16. The summed E-state index contributed by atoms with van der Waals surface area (Å²) < 4.78 is 27.6. The van der Waals surface area contributed by atoms with Crippen LogP contribution >= 0.6 is 0 Å². The SMILES string of the molecule is CC(C)(C)c1ccccc1C(F)(F)CCO. The summed E-state index contributed by atoms with van der Waals surface area (Å²) in [5.74, 6) is -2.96. The molecule has 90 valence electrons. The smallest absolute Gasteiger partial charge is 0.275 e. The molecule has 1 aromatic rings. The highest BCUT2D eigenvalue weighted by atomic mass is 19.3. The van der Waals surface area contributed by atoms with Crippen LogP contribution in [0.1, 0.15) is 38.3 Å². The van der Waals surface area contributed by atoms with Gasteiger partial charge in [0.25, 0.3) is 5.92 Å². The van der Waals surface area contributed by atoms with Gasteiger partial charge in [0.1, 0.15) is 0 Å². The Morgan fingerprint density at radius 3 is 2.00 bits per heavy atom. The van der Waals surface area contributed by atoms with Crippen molar-refractivity contribution in [1.82, 2.24) is 0 Å². The van der Waals surface area contributed by atoms with Crippen LogP contribution in [0.25, 0.3) is 0 Å². The van der Waals surface area contributed by atoms with Gasteiger partial charge in [-0.05, 0) is 11.0 Å². The van der Waals surface area contributed by atoms with E-state index in [1.165, 1.54) is 6.07 Å². The molecule has 1 N–H and O–H groups in total. The Kier molecular flexibility index (Phi) is 3.68. The third-order valence-electron chi connectivity index (χ3n) is 2.55. The average molecular weight is 228 g/mol. The Hall–Kier alpha value is -0.960. The van der Waals surface area contributed by atoms with Gasteiger partial charge in [0.2, 0.25) is 0 Å². The van der Waals surface area contributed by atoms with Crippen LogP contribution in [0.5, 0.6) is 0 Å². The van der Waals surface area contributed by atoms with Crippen LogP contribution in [0.3, 0.4) is 0 Å². The van der Waals surface area contributed by atoms with Crippen LogP contribution in [-0.4, -0.2) is 11.7 Å². The lowest BCUT2D eigenvalue weighted by Gasteiger charge is -2.27. The van der Waals surface area contributed by atoms with Gasteiger partial charge in [0, 0.05) is 18.6 Å². The first-order valence-electron chi connectivity index (χ1n) is 5.38. The van der Waals surface area contributed by atoms with Crippen LogP contribution in [0.2, 0.25) is 0 Å². The van der Waals surface area contributed by atoms with Crippen molar-refractivity contribution in [1.29, 1.82) is 0 Å². The molecule has 0 atom stereocenters. The monoisotopic (exact) mass is 228 g/mol. The highest BCUT2D eigenvalue weighted by molar-refractivity contribution is 5.35. The van der Waals surface area contributed by atoms with E-state index in [0.29, 0.717) is 5.56 Å². The molecule has 1 rings (SSSR count). The molecule has 0 aliphatic heterocycles. The Morgan fingerprint density at radius 1 is 1.06 bits per heavy atom. The quantitative estimate of drug-likeness (QED) is 0.840. The van der Waals surface area contributed by atoms with Crippen molar-refractivity contribution in [3.05, 3.63) is 35.4 Å². The van der Waals surface area contributed by atoms with Gasteiger partial charge in [0.15, 0.2) is 0 Å². The predicted molar refractivity (Wildman–Crippen MR) is 60.7 cm³/mol. The van der Waals surface area contributed by atoms with Crippen molar-refractivity contribution >= 4 is 0 Å². The number of rotatable bonds is 3. The molecule has 0 amide bonds. The van der Waals surface area contributed by atoms with Crippen molar-refractivity contribution < 1.29 is 13.9 Å². The minimum absolute atomic E-state index is 0.0246. The highest BCUT2D eigenvalue weighted by Crippen LogP contribution is 2.38. The normalized spacial score (nSPS) is 12.9. The van der Waals surface area contributed by atoms with E-state index >= 15 is 0 Å². The number of halogens is 2. The van der Waals surface area contributed by atoms with Crippen molar-refractivity contribution in [2.45, 2.75) is 38.5 Å². The van der Waals surface area contributed by atoms with E-state index < -0.39 is 19.0 Å². The maximum atomic E-state index is 13.8. The van der Waals surface area contributed by atoms with Gasteiger partial charge in [-0.25, -0.2) is 8.78 Å². The molecule has 0 radical (unpaired) electrons. The zero-order valence-electron chi connectivity index (χ0n) is 9.93. The van der Waals surface area contributed by atoms with E-state index in [1.807, 2.05) is 20.8 Å². The molecule has 0 heterocycles. The summed E-state index contributed by atoms with van der Waals surface area (Å²) in [6.45, 7) is 5.20. The Morgan fingerprint density at radius 2 is 1.56 bits per heavy atom. The minimum Gasteiger partial charge on any atom is -0.396 e. The minimum atomic E-state index is -2.96. The lowest BCUT2D eigenvalue weighted by molar-refractivity contribution is -0.0284. The molecule has 3 heteroatoms. The molecule has 1 nitrogen and oxygen atoms in total. The maximum absolute atomic E-state index is 13.8. The number of aliphatic hydroxyl groups excluding tert-OH is 1. The summed E-state index contributed by atoms with van der Waals surface area (Å²) >= 11 is 0. The first-order chi connectivity index (χ1) is 7.29. The van der Waals surface area contributed by atoms with Gasteiger partial charge in [-0.15, -0.1) is 0 Å². The molecule has 0 aliphatic carbocycles. The van der Waals surface area contributed by atoms with Gasteiger partial charge in [-0.2, -0.15) is 0 Å². The lowest BCUT2D eigenvalue weighted by atomic mass is 9.81. The Balaban J connectivity index is 3.23. The van der Waals surface area contributed by atoms with Gasteiger partial charge in [-0.1, -0.05) is 45.0 Å². The second-order valence-electron chi connectivity index (χ2n) is 4.97. The zero-order chi connectivity index (χ0) is 12.4. The fourth-order valence-electron chi connectivity index (χ4n) is 1.73. The van der Waals surface area contributed by atoms with E-state index in [1.54, 1.807) is 18.2 Å². The van der Waals surface area contributed by atoms with Crippen LogP contribution < -0.4 is 0 Å². The van der Waals surface area contributed by atoms with Crippen LogP contribution in [0, 0.1) is 0 Å². The molecule has 16 heavy (non-hydrogen) atoms. The number of hydrogen-bond acceptors (Lipinski definition) is 1. The molecular weight excluding hydrogens is 210 g/mol. The van der Waals surface area contributed by atoms with Gasteiger partial charge in [0.05, 0.1) is 0 Å². The summed E-state index contributed by atoms with van der Waals surface area (Å²) in [7, 11) is 0. The number of alkyl halides is 2. The van der Waals surface area contributed by atoms with Crippen molar-refractivity contribution in [2.75, 3.05) is 6.61 Å². The number of aliphatic hydroxyl groups is 1. The molecular formula is C13H18F2O. The van der Waals surface area contributed by atoms with Crippen LogP contribution in [0.4, 0.5) is 8.78 Å². The summed E-state index contributed by atoms with van der Waals surface area (Å²) in [5.41, 5.74) is 0.333. The Labute approximate surface area is 95.1 Å². The third kappa shape index (κ3) is 2.79. The van der Waals surface area contributed by atoms with E-state index in [4.69, 9.17) is 5.11 Å². The predicted octanol–water partition coefficient (Wildman–Crippen LogP) is 3.46. The Bertz CT molecular complexity index is 353. The van der Waals surface area contributed by atoms with E-state index in [2.05, 4.69) is 0 Å². The van der Waals surface area contributed by atoms with Gasteiger partial charge in [-0.3, -0.25) is 0 Å². The summed E-state index contributed by atoms with van der Waals surface area (Å²) in [6, 6.07) is 6.53. The molecule has 0 unspecified atom stereocenters. The highest BCUT2D eigenvalue weighted by Gasteiger charge is 2.35. The van der Waals surface area contributed by atoms with Crippen molar-refractivity contribution in [3.63, 3.8) is 0 Å². The fourth-order valence-corrected chi connectivity index (χ4v) is 1.73. The van der Waals surface area contributed by atoms with E-state index in [-0.39, 0.29) is 11.0 Å². The molecule has 1 aromatic carbocycles. The van der Waals surface area contributed by atoms with E-state index in [9.17, 15) is 8.78 Å². The standard InChI is InChI=1S/C13H18F2O/c1-12(2,3)10-6-4-5-7-11(10)13(14,15)8-9-16/h4-7,16H,8-9H2,1-3H3. The third-order valence-corrected chi connectivity index (χ3v) is 2.55. The first kappa shape index (κ1) is 13.1. The number of hydrogen-bond donors (Lipinski definition) is 1. The molecule has 0 bridgehead atoms. The second kappa shape index (κ2) is 4.50. The van der Waals surface area contributed by atoms with Crippen molar-refractivity contribution in [3.8, 4) is 0 Å². The summed E-state index contributed by atoms with van der Waals surface area (Å²) in [5, 5.41) is 8.68. The van der Waals surface area contributed by atoms with Gasteiger partial charge < -0.3 is 5.11 Å². The molecule has 0 spiro atoms. The maximum Gasteiger partial charge on any atom is 0.275 e. The molecule has 0 aromatic heterocycles. The topological polar surface area (TPSA) is 20.2 Å². The zero-order valence-corrected chi connectivity index (χ0v) is 9.93. The van der Waals surface area contributed by atoms with Crippen LogP contribution in [0.15, 0.2) is 24.3 Å². The van der Waals surface area contributed by atoms with Crippen molar-refractivity contribution in [2.24, 2.45) is 0 Å².